The molecule has 0 bridgehead atoms. The molecule has 1 N–H and O–H groups in total. The molecule has 0 spiro atoms. The van der Waals surface area contributed by atoms with Crippen LogP contribution in [0.1, 0.15) is 33.1 Å². The Hall–Kier alpha value is -0.370. The molecule has 1 heterocycles. The number of carbonyl (C=O) groups is 1. The molecule has 80 valence electrons. The van der Waals surface area contributed by atoms with Gasteiger partial charge in [0.15, 0.2) is 0 Å². The molecule has 2 atom stereocenters. The molecular formula is C12H21NO. The van der Waals surface area contributed by atoms with Gasteiger partial charge in [0.05, 0.1) is 0 Å². The summed E-state index contributed by atoms with van der Waals surface area (Å²) in [6, 6.07) is 0. The van der Waals surface area contributed by atoms with Gasteiger partial charge in [-0.05, 0) is 31.1 Å². The second kappa shape index (κ2) is 4.01. The first-order chi connectivity index (χ1) is 6.66. The largest absolute Gasteiger partial charge is 0.315 e. The Labute approximate surface area is 86.5 Å². The van der Waals surface area contributed by atoms with Crippen LogP contribution in [0, 0.1) is 23.7 Å². The minimum absolute atomic E-state index is 0.345. The number of carbonyl (C=O) groups excluding carboxylic acids is 1. The lowest BCUT2D eigenvalue weighted by atomic mass is 9.72. The summed E-state index contributed by atoms with van der Waals surface area (Å²) in [7, 11) is 0. The lowest BCUT2D eigenvalue weighted by Crippen LogP contribution is -2.49. The van der Waals surface area contributed by atoms with Gasteiger partial charge >= 0.3 is 0 Å². The van der Waals surface area contributed by atoms with Crippen LogP contribution >= 0.6 is 0 Å². The van der Waals surface area contributed by atoms with Crippen LogP contribution in [0.4, 0.5) is 0 Å². The van der Waals surface area contributed by atoms with E-state index in [2.05, 4.69) is 19.2 Å². The number of rotatable bonds is 2. The summed E-state index contributed by atoms with van der Waals surface area (Å²) in [6.07, 6.45) is 3.59. The SMILES string of the molecule is CC1CC(C)CC(C(=O)C2CNC2)C1. The zero-order chi connectivity index (χ0) is 10.1. The number of nitrogens with one attached hydrogen (secondary N) is 1. The Morgan fingerprint density at radius 3 is 2.00 bits per heavy atom. The van der Waals surface area contributed by atoms with E-state index in [1.807, 2.05) is 0 Å². The van der Waals surface area contributed by atoms with Crippen molar-refractivity contribution in [3.05, 3.63) is 0 Å². The van der Waals surface area contributed by atoms with Crippen LogP contribution in [0.25, 0.3) is 0 Å². The van der Waals surface area contributed by atoms with E-state index in [1.54, 1.807) is 0 Å². The van der Waals surface area contributed by atoms with Gasteiger partial charge in [-0.25, -0.2) is 0 Å². The Kier molecular flexibility index (Phi) is 2.91. The molecule has 2 heteroatoms. The highest BCUT2D eigenvalue weighted by Crippen LogP contribution is 2.34. The Morgan fingerprint density at radius 2 is 1.57 bits per heavy atom. The second-order valence-electron chi connectivity index (χ2n) is 5.37. The molecule has 1 aliphatic heterocycles. The van der Waals surface area contributed by atoms with E-state index in [4.69, 9.17) is 0 Å². The second-order valence-corrected chi connectivity index (χ2v) is 5.37. The standard InChI is InChI=1S/C12H21NO/c1-8-3-9(2)5-10(4-8)12(14)11-6-13-7-11/h8-11,13H,3-7H2,1-2H3. The van der Waals surface area contributed by atoms with Crippen molar-refractivity contribution in [3.63, 3.8) is 0 Å². The van der Waals surface area contributed by atoms with Gasteiger partial charge in [-0.2, -0.15) is 0 Å². The predicted molar refractivity (Wildman–Crippen MR) is 57.0 cm³/mol. The van der Waals surface area contributed by atoms with Gasteiger partial charge < -0.3 is 5.32 Å². The highest BCUT2D eigenvalue weighted by molar-refractivity contribution is 5.84. The Morgan fingerprint density at radius 1 is 1.00 bits per heavy atom. The molecule has 0 aromatic heterocycles. The van der Waals surface area contributed by atoms with Crippen LogP contribution in [0.5, 0.6) is 0 Å². The fraction of sp³-hybridized carbons (Fsp3) is 0.917. The third-order valence-electron chi connectivity index (χ3n) is 3.76. The maximum Gasteiger partial charge on any atom is 0.141 e. The molecule has 0 radical (unpaired) electrons. The highest BCUT2D eigenvalue weighted by atomic mass is 16.1. The number of hydrogen-bond donors (Lipinski definition) is 1. The number of Topliss-reactive ketones (excluding diaryl/α,β-unsaturated/α-hetero) is 1. The summed E-state index contributed by atoms with van der Waals surface area (Å²) in [5.41, 5.74) is 0. The van der Waals surface area contributed by atoms with Gasteiger partial charge in [-0.15, -0.1) is 0 Å². The summed E-state index contributed by atoms with van der Waals surface area (Å²) in [5, 5.41) is 3.18. The van der Waals surface area contributed by atoms with E-state index >= 15 is 0 Å². The van der Waals surface area contributed by atoms with E-state index in [9.17, 15) is 4.79 Å². The number of ketones is 1. The molecule has 0 aromatic carbocycles. The van der Waals surface area contributed by atoms with Crippen molar-refractivity contribution in [1.82, 2.24) is 5.32 Å². The monoisotopic (exact) mass is 195 g/mol. The molecule has 2 rings (SSSR count). The molecule has 14 heavy (non-hydrogen) atoms. The fourth-order valence-corrected chi connectivity index (χ4v) is 3.00. The van der Waals surface area contributed by atoms with Crippen LogP contribution in [-0.2, 0) is 4.79 Å². The molecule has 1 saturated heterocycles. The summed E-state index contributed by atoms with van der Waals surface area (Å²) in [6.45, 7) is 6.43. The van der Waals surface area contributed by atoms with Crippen molar-refractivity contribution in [2.45, 2.75) is 33.1 Å². The van der Waals surface area contributed by atoms with E-state index in [1.165, 1.54) is 6.42 Å². The van der Waals surface area contributed by atoms with E-state index in [0.717, 1.165) is 37.8 Å². The average molecular weight is 195 g/mol. The van der Waals surface area contributed by atoms with Crippen molar-refractivity contribution in [2.75, 3.05) is 13.1 Å². The van der Waals surface area contributed by atoms with Gasteiger partial charge in [-0.3, -0.25) is 4.79 Å². The first-order valence-corrected chi connectivity index (χ1v) is 5.91. The predicted octanol–water partition coefficient (Wildman–Crippen LogP) is 1.85. The summed E-state index contributed by atoms with van der Waals surface area (Å²) >= 11 is 0. The molecule has 1 aliphatic carbocycles. The summed E-state index contributed by atoms with van der Waals surface area (Å²) < 4.78 is 0. The van der Waals surface area contributed by atoms with E-state index < -0.39 is 0 Å². The Balaban J connectivity index is 1.92. The zero-order valence-corrected chi connectivity index (χ0v) is 9.25. The van der Waals surface area contributed by atoms with Crippen molar-refractivity contribution in [1.29, 1.82) is 0 Å². The van der Waals surface area contributed by atoms with E-state index in [-0.39, 0.29) is 0 Å². The first-order valence-electron chi connectivity index (χ1n) is 5.91. The minimum atomic E-state index is 0.345. The third-order valence-corrected chi connectivity index (χ3v) is 3.76. The lowest BCUT2D eigenvalue weighted by Gasteiger charge is -2.35. The van der Waals surface area contributed by atoms with Gasteiger partial charge in [0.1, 0.15) is 5.78 Å². The van der Waals surface area contributed by atoms with Gasteiger partial charge in [0, 0.05) is 24.9 Å². The fourth-order valence-electron chi connectivity index (χ4n) is 3.00. The summed E-state index contributed by atoms with van der Waals surface area (Å²) in [4.78, 5) is 12.0. The smallest absolute Gasteiger partial charge is 0.141 e. The molecule has 2 aliphatic rings. The number of hydrogen-bond acceptors (Lipinski definition) is 2. The molecular weight excluding hydrogens is 174 g/mol. The molecule has 1 saturated carbocycles. The Bertz CT molecular complexity index is 212. The quantitative estimate of drug-likeness (QED) is 0.728. The normalized spacial score (nSPS) is 39.1. The molecule has 2 unspecified atom stereocenters. The van der Waals surface area contributed by atoms with Gasteiger partial charge in [0.2, 0.25) is 0 Å². The topological polar surface area (TPSA) is 29.1 Å². The minimum Gasteiger partial charge on any atom is -0.315 e. The van der Waals surface area contributed by atoms with Crippen LogP contribution in [0.2, 0.25) is 0 Å². The average Bonchev–Trinajstić information content (AvgIpc) is 1.98. The molecule has 0 amide bonds. The first kappa shape index (κ1) is 10.2. The van der Waals surface area contributed by atoms with Crippen molar-refractivity contribution >= 4 is 5.78 Å². The van der Waals surface area contributed by atoms with Crippen molar-refractivity contribution in [2.24, 2.45) is 23.7 Å². The maximum atomic E-state index is 12.0. The third kappa shape index (κ3) is 2.00. The van der Waals surface area contributed by atoms with Gasteiger partial charge in [-0.1, -0.05) is 13.8 Å². The molecule has 2 nitrogen and oxygen atoms in total. The molecule has 2 fully saturated rings. The summed E-state index contributed by atoms with van der Waals surface area (Å²) in [5.74, 6) is 2.77. The molecule has 0 aromatic rings. The van der Waals surface area contributed by atoms with Crippen LogP contribution < -0.4 is 5.32 Å². The maximum absolute atomic E-state index is 12.0. The van der Waals surface area contributed by atoms with Crippen molar-refractivity contribution in [3.8, 4) is 0 Å². The van der Waals surface area contributed by atoms with E-state index in [0.29, 0.717) is 17.6 Å². The van der Waals surface area contributed by atoms with Crippen molar-refractivity contribution < 1.29 is 4.79 Å². The lowest BCUT2D eigenvalue weighted by molar-refractivity contribution is -0.130. The van der Waals surface area contributed by atoms with Crippen LogP contribution in [-0.4, -0.2) is 18.9 Å². The zero-order valence-electron chi connectivity index (χ0n) is 9.25. The van der Waals surface area contributed by atoms with Crippen LogP contribution in [0.3, 0.4) is 0 Å². The highest BCUT2D eigenvalue weighted by Gasteiger charge is 2.34. The van der Waals surface area contributed by atoms with Crippen LogP contribution in [0.15, 0.2) is 0 Å². The van der Waals surface area contributed by atoms with Gasteiger partial charge in [0.25, 0.3) is 0 Å².